The first-order valence-corrected chi connectivity index (χ1v) is 18.1. The Morgan fingerprint density at radius 2 is 0.472 bits per heavy atom. The monoisotopic (exact) mass is 546 g/mol. The molecule has 3 aliphatic rings. The molecule has 0 amide bonds. The zero-order valence-corrected chi connectivity index (χ0v) is 24.3. The van der Waals surface area contributed by atoms with Gasteiger partial charge in [0.15, 0.2) is 0 Å². The summed E-state index contributed by atoms with van der Waals surface area (Å²) >= 11 is 8.58. The molecule has 1 aliphatic carbocycles. The van der Waals surface area contributed by atoms with Crippen molar-refractivity contribution < 1.29 is 0 Å². The summed E-state index contributed by atoms with van der Waals surface area (Å²) in [6.07, 6.45) is 7.42. The Hall–Kier alpha value is -0.940. The summed E-state index contributed by atoms with van der Waals surface area (Å²) in [7, 11) is 0. The van der Waals surface area contributed by atoms with E-state index < -0.39 is 0 Å². The Labute approximate surface area is 233 Å². The van der Waals surface area contributed by atoms with Gasteiger partial charge in [-0.15, -0.1) is 0 Å². The molecule has 4 heteroatoms. The van der Waals surface area contributed by atoms with Crippen LogP contribution >= 0.6 is 47.0 Å². The van der Waals surface area contributed by atoms with Crippen molar-refractivity contribution in [2.75, 3.05) is 0 Å². The van der Waals surface area contributed by atoms with E-state index in [4.69, 9.17) is 0 Å². The van der Waals surface area contributed by atoms with Crippen LogP contribution in [0, 0.1) is 0 Å². The molecular weight excluding hydrogens is 513 g/mol. The Bertz CT molecular complexity index is 967. The van der Waals surface area contributed by atoms with Crippen molar-refractivity contribution >= 4 is 47.0 Å². The van der Waals surface area contributed by atoms with Crippen LogP contribution < -0.4 is 0 Å². The third kappa shape index (κ3) is 4.93. The van der Waals surface area contributed by atoms with Crippen molar-refractivity contribution in [1.29, 1.82) is 0 Å². The van der Waals surface area contributed by atoms with Gasteiger partial charge in [-0.3, -0.25) is 0 Å². The third-order valence-corrected chi connectivity index (χ3v) is 12.5. The molecule has 6 rings (SSSR count). The predicted octanol–water partition coefficient (Wildman–Crippen LogP) is 9.02. The largest absolute Gasteiger partial charge is 0.152 e. The average molecular weight is 547 g/mol. The lowest BCUT2D eigenvalue weighted by Gasteiger charge is -2.20. The van der Waals surface area contributed by atoms with E-state index in [-0.39, 0.29) is 0 Å². The van der Waals surface area contributed by atoms with E-state index in [1.807, 2.05) is 0 Å². The van der Waals surface area contributed by atoms with E-state index in [1.54, 1.807) is 66.8 Å². The molecular formula is C32H34S4. The molecule has 0 N–H and O–H groups in total. The van der Waals surface area contributed by atoms with E-state index in [0.717, 1.165) is 46.0 Å². The Morgan fingerprint density at radius 3 is 0.722 bits per heavy atom. The lowest BCUT2D eigenvalue weighted by molar-refractivity contribution is 0.775. The van der Waals surface area contributed by atoms with E-state index >= 15 is 0 Å². The van der Waals surface area contributed by atoms with E-state index in [9.17, 15) is 0 Å². The summed E-state index contributed by atoms with van der Waals surface area (Å²) in [5.74, 6) is 9.16. The molecule has 2 heterocycles. The number of rotatable bonds is 0. The highest BCUT2D eigenvalue weighted by Crippen LogP contribution is 2.37. The van der Waals surface area contributed by atoms with Crippen molar-refractivity contribution in [3.05, 3.63) is 103 Å². The van der Waals surface area contributed by atoms with Gasteiger partial charge in [0.1, 0.15) is 0 Å². The molecule has 0 unspecified atom stereocenters. The summed E-state index contributed by atoms with van der Waals surface area (Å²) in [6.45, 7) is 0. The molecule has 0 saturated carbocycles. The number of aryl methyl sites for hydroxylation is 4. The normalized spacial score (nSPS) is 19.3. The molecule has 2 aliphatic heterocycles. The molecule has 0 radical (unpaired) electrons. The summed E-state index contributed by atoms with van der Waals surface area (Å²) in [5.41, 5.74) is 19.4. The summed E-state index contributed by atoms with van der Waals surface area (Å²) in [4.78, 5) is 0. The van der Waals surface area contributed by atoms with Crippen LogP contribution in [-0.4, -0.2) is 0 Å². The summed E-state index contributed by atoms with van der Waals surface area (Å²) < 4.78 is 0. The van der Waals surface area contributed by atoms with Gasteiger partial charge < -0.3 is 0 Å². The van der Waals surface area contributed by atoms with E-state index in [0.29, 0.717) is 0 Å². The van der Waals surface area contributed by atoms with Crippen LogP contribution in [0.1, 0.15) is 79.6 Å². The second-order valence-corrected chi connectivity index (χ2v) is 14.8. The van der Waals surface area contributed by atoms with Crippen LogP contribution in [-0.2, 0) is 71.7 Å². The lowest BCUT2D eigenvalue weighted by atomic mass is 9.89. The second kappa shape index (κ2) is 10.7. The zero-order chi connectivity index (χ0) is 23.9. The van der Waals surface area contributed by atoms with Crippen LogP contribution in [0.15, 0.2) is 36.4 Å². The molecule has 0 fully saturated rings. The van der Waals surface area contributed by atoms with Crippen LogP contribution in [0.25, 0.3) is 0 Å². The number of benzene rings is 3. The average Bonchev–Trinajstić information content (AvgIpc) is 2.87. The lowest BCUT2D eigenvalue weighted by Crippen LogP contribution is -2.06. The summed E-state index contributed by atoms with van der Waals surface area (Å²) in [5, 5.41) is 0. The Balaban J connectivity index is 1.45. The van der Waals surface area contributed by atoms with Gasteiger partial charge >= 0.3 is 0 Å². The molecule has 3 aromatic carbocycles. The van der Waals surface area contributed by atoms with Crippen molar-refractivity contribution in [3.8, 4) is 0 Å². The minimum absolute atomic E-state index is 1.14. The molecule has 186 valence electrons. The van der Waals surface area contributed by atoms with Crippen LogP contribution in [0.5, 0.6) is 0 Å². The maximum absolute atomic E-state index is 2.65. The Morgan fingerprint density at radius 1 is 0.278 bits per heavy atom. The van der Waals surface area contributed by atoms with E-state index in [1.165, 1.54) is 38.5 Å². The molecule has 3 aromatic rings. The number of hydrogen-bond donors (Lipinski definition) is 0. The van der Waals surface area contributed by atoms with Gasteiger partial charge in [0, 0.05) is 46.0 Å². The maximum Gasteiger partial charge on any atom is 0.0191 e. The molecule has 0 spiro atoms. The van der Waals surface area contributed by atoms with Crippen molar-refractivity contribution in [3.63, 3.8) is 0 Å². The van der Waals surface area contributed by atoms with Crippen LogP contribution in [0.2, 0.25) is 0 Å². The van der Waals surface area contributed by atoms with Gasteiger partial charge in [-0.2, -0.15) is 47.0 Å². The number of fused-ring (bicyclic) bond motifs is 18. The van der Waals surface area contributed by atoms with Gasteiger partial charge in [-0.25, -0.2) is 0 Å². The molecule has 36 heavy (non-hydrogen) atoms. The first-order chi connectivity index (χ1) is 17.8. The minimum Gasteiger partial charge on any atom is -0.152 e. The molecule has 0 saturated heterocycles. The zero-order valence-electron chi connectivity index (χ0n) is 21.0. The standard InChI is InChI=1S/C32H34S4/c1-3-21-7-23-5-2-6-24-8-22(4-1)26-10-28(24)16-36-20-32-12-30(18-34-14-26)29-11-31(32)19-35-15-27(23)9-25(21)13-33-17-29/h7-12H,1-6,13-20H2. The second-order valence-electron chi connectivity index (χ2n) is 10.8. The van der Waals surface area contributed by atoms with Crippen LogP contribution in [0.4, 0.5) is 0 Å². The third-order valence-electron chi connectivity index (χ3n) is 8.41. The van der Waals surface area contributed by atoms with Crippen molar-refractivity contribution in [2.45, 2.75) is 84.5 Å². The highest BCUT2D eigenvalue weighted by Gasteiger charge is 2.19. The first kappa shape index (κ1) is 24.1. The molecule has 0 nitrogen and oxygen atoms in total. The smallest absolute Gasteiger partial charge is 0.0191 e. The highest BCUT2D eigenvalue weighted by molar-refractivity contribution is 7.98. The fourth-order valence-electron chi connectivity index (χ4n) is 6.40. The number of hydrogen-bond acceptors (Lipinski definition) is 4. The fourth-order valence-corrected chi connectivity index (χ4v) is 10.7. The number of thioether (sulfide) groups is 4. The SMILES string of the molecule is c1c2c3cc4c1CCCc1cc(c5cc1CSCc1cc(c(cc1CSC4)CSC3)CSC5)CCC2. The predicted molar refractivity (Wildman–Crippen MR) is 163 cm³/mol. The van der Waals surface area contributed by atoms with Crippen molar-refractivity contribution in [2.24, 2.45) is 0 Å². The van der Waals surface area contributed by atoms with Gasteiger partial charge in [-0.05, 0) is 105 Å². The molecule has 12 bridgehead atoms. The molecule has 0 aromatic heterocycles. The van der Waals surface area contributed by atoms with Crippen LogP contribution in [0.3, 0.4) is 0 Å². The summed E-state index contributed by atoms with van der Waals surface area (Å²) in [6, 6.07) is 15.8. The van der Waals surface area contributed by atoms with E-state index in [2.05, 4.69) is 83.4 Å². The first-order valence-electron chi connectivity index (χ1n) is 13.5. The fraction of sp³-hybridized carbons (Fsp3) is 0.438. The van der Waals surface area contributed by atoms with Gasteiger partial charge in [0.2, 0.25) is 0 Å². The minimum atomic E-state index is 1.14. The highest BCUT2D eigenvalue weighted by atomic mass is 32.2. The van der Waals surface area contributed by atoms with Gasteiger partial charge in [0.25, 0.3) is 0 Å². The quantitative estimate of drug-likeness (QED) is 0.276. The Kier molecular flexibility index (Phi) is 7.15. The molecule has 0 atom stereocenters. The van der Waals surface area contributed by atoms with Gasteiger partial charge in [-0.1, -0.05) is 36.4 Å². The topological polar surface area (TPSA) is 0 Å². The van der Waals surface area contributed by atoms with Crippen molar-refractivity contribution in [1.82, 2.24) is 0 Å². The maximum atomic E-state index is 2.65. The van der Waals surface area contributed by atoms with Gasteiger partial charge in [0.05, 0.1) is 0 Å².